The highest BCUT2D eigenvalue weighted by Gasteiger charge is 2.06. The summed E-state index contributed by atoms with van der Waals surface area (Å²) < 4.78 is 18.5. The van der Waals surface area contributed by atoms with E-state index in [0.29, 0.717) is 30.1 Å². The maximum absolute atomic E-state index is 13.1. The Labute approximate surface area is 95.4 Å². The standard InChI is InChI=1S/C13H17FO2/c1-3-10(4-2)9-16-13-6-11(8-15)5-12(14)7-13/h5-8,10H,3-4,9H2,1-2H3. The van der Waals surface area contributed by atoms with Crippen molar-refractivity contribution in [3.05, 3.63) is 29.6 Å². The van der Waals surface area contributed by atoms with Crippen molar-refractivity contribution in [1.82, 2.24) is 0 Å². The average Bonchev–Trinajstić information content (AvgIpc) is 2.29. The van der Waals surface area contributed by atoms with Gasteiger partial charge in [-0.05, 0) is 18.1 Å². The molecule has 0 atom stereocenters. The van der Waals surface area contributed by atoms with Gasteiger partial charge in [0.25, 0.3) is 0 Å². The fourth-order valence-corrected chi connectivity index (χ4v) is 1.47. The molecule has 1 rings (SSSR count). The number of carbonyl (C=O) groups excluding carboxylic acids is 1. The topological polar surface area (TPSA) is 26.3 Å². The molecule has 0 amide bonds. The van der Waals surface area contributed by atoms with Gasteiger partial charge in [0.2, 0.25) is 0 Å². The Bertz CT molecular complexity index is 346. The first-order valence-corrected chi connectivity index (χ1v) is 5.58. The predicted molar refractivity (Wildman–Crippen MR) is 61.4 cm³/mol. The number of hydrogen-bond donors (Lipinski definition) is 0. The molecule has 1 aromatic carbocycles. The zero-order chi connectivity index (χ0) is 12.0. The minimum atomic E-state index is -0.441. The monoisotopic (exact) mass is 224 g/mol. The molecular formula is C13H17FO2. The third-order valence-electron chi connectivity index (χ3n) is 2.67. The maximum atomic E-state index is 13.1. The lowest BCUT2D eigenvalue weighted by Crippen LogP contribution is -2.10. The number of ether oxygens (including phenoxy) is 1. The highest BCUT2D eigenvalue weighted by Crippen LogP contribution is 2.17. The van der Waals surface area contributed by atoms with E-state index in [1.54, 1.807) is 6.07 Å². The van der Waals surface area contributed by atoms with Gasteiger partial charge in [-0.1, -0.05) is 26.7 Å². The van der Waals surface area contributed by atoms with Crippen molar-refractivity contribution in [3.63, 3.8) is 0 Å². The van der Waals surface area contributed by atoms with Crippen LogP contribution >= 0.6 is 0 Å². The minimum absolute atomic E-state index is 0.305. The second kappa shape index (κ2) is 6.26. The third kappa shape index (κ3) is 3.65. The molecule has 0 aromatic heterocycles. The van der Waals surface area contributed by atoms with Gasteiger partial charge in [0, 0.05) is 11.6 Å². The molecule has 0 bridgehead atoms. The van der Waals surface area contributed by atoms with E-state index >= 15 is 0 Å². The van der Waals surface area contributed by atoms with Crippen LogP contribution in [-0.2, 0) is 0 Å². The number of halogens is 1. The van der Waals surface area contributed by atoms with Crippen molar-refractivity contribution < 1.29 is 13.9 Å². The van der Waals surface area contributed by atoms with Crippen LogP contribution in [-0.4, -0.2) is 12.9 Å². The van der Waals surface area contributed by atoms with Gasteiger partial charge >= 0.3 is 0 Å². The molecule has 0 heterocycles. The van der Waals surface area contributed by atoms with Gasteiger partial charge in [0.1, 0.15) is 17.9 Å². The van der Waals surface area contributed by atoms with E-state index < -0.39 is 5.82 Å². The molecule has 88 valence electrons. The van der Waals surface area contributed by atoms with Crippen LogP contribution < -0.4 is 4.74 Å². The van der Waals surface area contributed by atoms with Crippen LogP contribution in [0.25, 0.3) is 0 Å². The van der Waals surface area contributed by atoms with Gasteiger partial charge in [-0.25, -0.2) is 4.39 Å². The summed E-state index contributed by atoms with van der Waals surface area (Å²) in [5, 5.41) is 0. The van der Waals surface area contributed by atoms with Crippen LogP contribution in [0.2, 0.25) is 0 Å². The van der Waals surface area contributed by atoms with E-state index in [4.69, 9.17) is 4.74 Å². The van der Waals surface area contributed by atoms with Crippen LogP contribution in [0.15, 0.2) is 18.2 Å². The van der Waals surface area contributed by atoms with E-state index in [1.807, 2.05) is 0 Å². The number of carbonyl (C=O) groups is 1. The first-order chi connectivity index (χ1) is 7.69. The van der Waals surface area contributed by atoms with Gasteiger partial charge in [0.15, 0.2) is 0 Å². The lowest BCUT2D eigenvalue weighted by atomic mass is 10.1. The summed E-state index contributed by atoms with van der Waals surface area (Å²) >= 11 is 0. The van der Waals surface area contributed by atoms with Gasteiger partial charge in [-0.15, -0.1) is 0 Å². The Kier molecular flexibility index (Phi) is 4.96. The van der Waals surface area contributed by atoms with Crippen LogP contribution in [0.1, 0.15) is 37.0 Å². The molecule has 0 fully saturated rings. The lowest BCUT2D eigenvalue weighted by Gasteiger charge is -2.13. The lowest BCUT2D eigenvalue weighted by molar-refractivity contribution is 0.112. The Morgan fingerprint density at radius 2 is 2.00 bits per heavy atom. The summed E-state index contributed by atoms with van der Waals surface area (Å²) in [5.74, 6) is 0.459. The van der Waals surface area contributed by atoms with Crippen molar-refractivity contribution in [2.24, 2.45) is 5.92 Å². The SMILES string of the molecule is CCC(CC)COc1cc(F)cc(C=O)c1. The van der Waals surface area contributed by atoms with Gasteiger partial charge in [-0.3, -0.25) is 4.79 Å². The Morgan fingerprint density at radius 3 is 2.56 bits per heavy atom. The molecule has 2 nitrogen and oxygen atoms in total. The smallest absolute Gasteiger partial charge is 0.150 e. The van der Waals surface area contributed by atoms with Crippen molar-refractivity contribution in [1.29, 1.82) is 0 Å². The molecule has 0 spiro atoms. The fourth-order valence-electron chi connectivity index (χ4n) is 1.47. The molecule has 0 aliphatic carbocycles. The molecule has 0 aliphatic rings. The molecule has 0 aliphatic heterocycles. The van der Waals surface area contributed by atoms with Crippen molar-refractivity contribution >= 4 is 6.29 Å². The zero-order valence-corrected chi connectivity index (χ0v) is 9.70. The first kappa shape index (κ1) is 12.7. The summed E-state index contributed by atoms with van der Waals surface area (Å²) in [6.07, 6.45) is 2.69. The van der Waals surface area contributed by atoms with Crippen molar-refractivity contribution in [2.75, 3.05) is 6.61 Å². The van der Waals surface area contributed by atoms with E-state index in [0.717, 1.165) is 12.8 Å². The summed E-state index contributed by atoms with van der Waals surface area (Å²) in [6.45, 7) is 4.76. The van der Waals surface area contributed by atoms with E-state index in [1.165, 1.54) is 12.1 Å². The van der Waals surface area contributed by atoms with Gasteiger partial charge in [-0.2, -0.15) is 0 Å². The molecule has 0 unspecified atom stereocenters. The normalized spacial score (nSPS) is 10.5. The van der Waals surface area contributed by atoms with Crippen LogP contribution in [0.5, 0.6) is 5.75 Å². The number of rotatable bonds is 6. The second-order valence-electron chi connectivity index (χ2n) is 3.83. The zero-order valence-electron chi connectivity index (χ0n) is 9.70. The number of hydrogen-bond acceptors (Lipinski definition) is 2. The summed E-state index contributed by atoms with van der Waals surface area (Å²) in [7, 11) is 0. The summed E-state index contributed by atoms with van der Waals surface area (Å²) in [6, 6.07) is 4.05. The van der Waals surface area contributed by atoms with E-state index in [-0.39, 0.29) is 0 Å². The van der Waals surface area contributed by atoms with Crippen LogP contribution in [0, 0.1) is 11.7 Å². The highest BCUT2D eigenvalue weighted by atomic mass is 19.1. The Morgan fingerprint density at radius 1 is 1.31 bits per heavy atom. The molecule has 0 saturated heterocycles. The maximum Gasteiger partial charge on any atom is 0.150 e. The number of aldehydes is 1. The Hall–Kier alpha value is -1.38. The predicted octanol–water partition coefficient (Wildman–Crippen LogP) is 3.45. The van der Waals surface area contributed by atoms with Gasteiger partial charge < -0.3 is 4.74 Å². The quantitative estimate of drug-likeness (QED) is 0.692. The largest absolute Gasteiger partial charge is 0.493 e. The van der Waals surface area contributed by atoms with Crippen molar-refractivity contribution in [2.45, 2.75) is 26.7 Å². The van der Waals surface area contributed by atoms with E-state index in [2.05, 4.69) is 13.8 Å². The number of benzene rings is 1. The molecule has 16 heavy (non-hydrogen) atoms. The summed E-state index contributed by atoms with van der Waals surface area (Å²) in [4.78, 5) is 10.5. The molecule has 1 aromatic rings. The van der Waals surface area contributed by atoms with Crippen LogP contribution in [0.4, 0.5) is 4.39 Å². The van der Waals surface area contributed by atoms with Crippen LogP contribution in [0.3, 0.4) is 0 Å². The molecule has 3 heteroatoms. The Balaban J connectivity index is 2.66. The van der Waals surface area contributed by atoms with Crippen molar-refractivity contribution in [3.8, 4) is 5.75 Å². The van der Waals surface area contributed by atoms with E-state index in [9.17, 15) is 9.18 Å². The third-order valence-corrected chi connectivity index (χ3v) is 2.67. The second-order valence-corrected chi connectivity index (χ2v) is 3.83. The molecular weight excluding hydrogens is 207 g/mol. The average molecular weight is 224 g/mol. The molecule has 0 N–H and O–H groups in total. The fraction of sp³-hybridized carbons (Fsp3) is 0.462. The highest BCUT2D eigenvalue weighted by molar-refractivity contribution is 5.75. The summed E-state index contributed by atoms with van der Waals surface area (Å²) in [5.41, 5.74) is 0.305. The molecule has 0 radical (unpaired) electrons. The van der Waals surface area contributed by atoms with Gasteiger partial charge in [0.05, 0.1) is 6.61 Å². The first-order valence-electron chi connectivity index (χ1n) is 5.58. The molecule has 0 saturated carbocycles. The minimum Gasteiger partial charge on any atom is -0.493 e.